The highest BCUT2D eigenvalue weighted by atomic mass is 16.4. The van der Waals surface area contributed by atoms with Gasteiger partial charge in [-0.05, 0) is 66.1 Å². The molecule has 8 nitrogen and oxygen atoms in total. The molecule has 0 amide bonds. The lowest BCUT2D eigenvalue weighted by molar-refractivity contribution is -0.322. The molecule has 0 radical (unpaired) electrons. The Morgan fingerprint density at radius 1 is 0.750 bits per heavy atom. The van der Waals surface area contributed by atoms with E-state index in [0.717, 1.165) is 12.8 Å². The monoisotopic (exact) mass is 514 g/mol. The van der Waals surface area contributed by atoms with Crippen molar-refractivity contribution in [3.05, 3.63) is 0 Å². The molecule has 0 heterocycles. The summed E-state index contributed by atoms with van der Waals surface area (Å²) in [5, 5.41) is 88.5. The molecule has 4 rings (SSSR count). The van der Waals surface area contributed by atoms with E-state index >= 15 is 0 Å². The zero-order valence-corrected chi connectivity index (χ0v) is 22.5. The van der Waals surface area contributed by atoms with E-state index in [4.69, 9.17) is 0 Å². The molecule has 16 atom stereocenters. The molecule has 0 aromatic heterocycles. The number of aliphatic hydroxyl groups excluding tert-OH is 7. The summed E-state index contributed by atoms with van der Waals surface area (Å²) >= 11 is 0. The average molecular weight is 515 g/mol. The first-order chi connectivity index (χ1) is 16.7. The quantitative estimate of drug-likeness (QED) is 0.256. The maximum Gasteiger partial charge on any atom is 0.110 e. The largest absolute Gasteiger partial charge is 0.396 e. The van der Waals surface area contributed by atoms with Crippen LogP contribution in [0.15, 0.2) is 0 Å². The van der Waals surface area contributed by atoms with Gasteiger partial charge < -0.3 is 40.9 Å². The van der Waals surface area contributed by atoms with Crippen LogP contribution in [0, 0.1) is 52.3 Å². The molecule has 4 aliphatic carbocycles. The first-order valence-corrected chi connectivity index (χ1v) is 14.1. The van der Waals surface area contributed by atoms with Crippen molar-refractivity contribution in [1.29, 1.82) is 0 Å². The molecule has 0 aliphatic heterocycles. The lowest BCUT2D eigenvalue weighted by Gasteiger charge is -2.67. The molecule has 36 heavy (non-hydrogen) atoms. The smallest absolute Gasteiger partial charge is 0.110 e. The molecule has 8 N–H and O–H groups in total. The fourth-order valence-corrected chi connectivity index (χ4v) is 9.72. The van der Waals surface area contributed by atoms with Crippen molar-refractivity contribution in [1.82, 2.24) is 0 Å². The van der Waals surface area contributed by atoms with Crippen LogP contribution in [0.25, 0.3) is 0 Å². The van der Waals surface area contributed by atoms with E-state index in [0.29, 0.717) is 31.6 Å². The van der Waals surface area contributed by atoms with E-state index in [9.17, 15) is 40.9 Å². The molecule has 0 spiro atoms. The van der Waals surface area contributed by atoms with Gasteiger partial charge >= 0.3 is 0 Å². The second kappa shape index (κ2) is 9.70. The van der Waals surface area contributed by atoms with E-state index in [2.05, 4.69) is 13.8 Å². The third-order valence-corrected chi connectivity index (χ3v) is 12.0. The molecule has 4 aliphatic rings. The van der Waals surface area contributed by atoms with Crippen LogP contribution in [0.4, 0.5) is 0 Å². The summed E-state index contributed by atoms with van der Waals surface area (Å²) in [4.78, 5) is 0. The maximum absolute atomic E-state index is 12.4. The van der Waals surface area contributed by atoms with Gasteiger partial charge in [-0.3, -0.25) is 0 Å². The van der Waals surface area contributed by atoms with Crippen molar-refractivity contribution in [3.63, 3.8) is 0 Å². The van der Waals surface area contributed by atoms with E-state index in [1.807, 2.05) is 20.8 Å². The van der Waals surface area contributed by atoms with Crippen molar-refractivity contribution < 1.29 is 40.9 Å². The molecule has 0 bridgehead atoms. The van der Waals surface area contributed by atoms with Crippen LogP contribution in [-0.4, -0.2) is 89.7 Å². The molecule has 210 valence electrons. The SMILES string of the molecule is C[C@H](CC[C@@H](C)[C@H](C)CO)[C@H]1[C@@H](O)[C@@H](O)C2[C@@]3(O)C(CC[C@@]21C)[C@@]1(C)CC[C@H](O)[C@H](O)C1[C@H](O)[C@H]3O. The van der Waals surface area contributed by atoms with Gasteiger partial charge in [-0.2, -0.15) is 0 Å². The topological polar surface area (TPSA) is 162 Å². The zero-order chi connectivity index (χ0) is 27.0. The Kier molecular flexibility index (Phi) is 7.73. The summed E-state index contributed by atoms with van der Waals surface area (Å²) < 4.78 is 0. The number of fused-ring (bicyclic) bond motifs is 5. The van der Waals surface area contributed by atoms with Crippen LogP contribution in [0.5, 0.6) is 0 Å². The van der Waals surface area contributed by atoms with Gasteiger partial charge in [0.25, 0.3) is 0 Å². The predicted molar refractivity (Wildman–Crippen MR) is 133 cm³/mol. The van der Waals surface area contributed by atoms with E-state index in [1.165, 1.54) is 0 Å². The van der Waals surface area contributed by atoms with Gasteiger partial charge in [0.05, 0.1) is 30.5 Å². The standard InChI is InChI=1S/C28H50O8/c1-13(15(3)12-29)6-7-14(2)18-21(32)23(34)24-27(18,5)11-9-17-26(4)10-8-16(30)20(31)19(26)22(33)25(35)28(17,24)36/h13-25,29-36H,6-12H2,1-5H3/t13-,14-,15-,16+,17?,18+,19?,20+,21-,22+,23-,24?,25-,26-,27-,28+/m1/s1. The first kappa shape index (κ1) is 28.7. The fraction of sp³-hybridized carbons (Fsp3) is 1.00. The van der Waals surface area contributed by atoms with Crippen molar-refractivity contribution in [2.45, 2.75) is 115 Å². The van der Waals surface area contributed by atoms with Gasteiger partial charge in [0.1, 0.15) is 11.7 Å². The van der Waals surface area contributed by atoms with Gasteiger partial charge in [-0.25, -0.2) is 0 Å². The minimum atomic E-state index is -1.84. The summed E-state index contributed by atoms with van der Waals surface area (Å²) in [5.74, 6) is -1.91. The Balaban J connectivity index is 1.67. The number of hydrogen-bond acceptors (Lipinski definition) is 8. The molecule has 4 fully saturated rings. The number of aliphatic hydroxyl groups is 8. The lowest BCUT2D eigenvalue weighted by atomic mass is 9.40. The summed E-state index contributed by atoms with van der Waals surface area (Å²) in [6.07, 6.45) is -3.96. The molecule has 0 aromatic rings. The highest BCUT2D eigenvalue weighted by Crippen LogP contribution is 2.69. The minimum Gasteiger partial charge on any atom is -0.396 e. The van der Waals surface area contributed by atoms with Crippen molar-refractivity contribution >= 4 is 0 Å². The van der Waals surface area contributed by atoms with Gasteiger partial charge in [0.15, 0.2) is 0 Å². The number of rotatable bonds is 6. The molecule has 8 heteroatoms. The van der Waals surface area contributed by atoms with Crippen LogP contribution in [-0.2, 0) is 0 Å². The average Bonchev–Trinajstić information content (AvgIpc) is 3.03. The minimum absolute atomic E-state index is 0.0405. The summed E-state index contributed by atoms with van der Waals surface area (Å²) in [6.45, 7) is 10.2. The first-order valence-electron chi connectivity index (χ1n) is 14.1. The Bertz CT molecular complexity index is 796. The second-order valence-corrected chi connectivity index (χ2v) is 13.7. The third-order valence-electron chi connectivity index (χ3n) is 12.0. The van der Waals surface area contributed by atoms with Crippen molar-refractivity contribution in [3.8, 4) is 0 Å². The maximum atomic E-state index is 12.4. The van der Waals surface area contributed by atoms with Gasteiger partial charge in [0.2, 0.25) is 0 Å². The van der Waals surface area contributed by atoms with Crippen LogP contribution in [0.3, 0.4) is 0 Å². The Labute approximate surface area is 215 Å². The van der Waals surface area contributed by atoms with Crippen molar-refractivity contribution in [2.75, 3.05) is 6.61 Å². The highest BCUT2D eigenvalue weighted by Gasteiger charge is 2.76. The van der Waals surface area contributed by atoms with Gasteiger partial charge in [-0.15, -0.1) is 0 Å². The van der Waals surface area contributed by atoms with Crippen LogP contribution < -0.4 is 0 Å². The molecule has 4 saturated carbocycles. The fourth-order valence-electron chi connectivity index (χ4n) is 9.72. The predicted octanol–water partition coefficient (Wildman–Crippen LogP) is 0.656. The van der Waals surface area contributed by atoms with E-state index < -0.39 is 70.8 Å². The van der Waals surface area contributed by atoms with E-state index in [-0.39, 0.29) is 24.4 Å². The van der Waals surface area contributed by atoms with Crippen LogP contribution in [0.2, 0.25) is 0 Å². The molecular weight excluding hydrogens is 464 g/mol. The van der Waals surface area contributed by atoms with Crippen molar-refractivity contribution in [2.24, 2.45) is 52.3 Å². The molecular formula is C28H50O8. The molecule has 0 aromatic carbocycles. The Morgan fingerprint density at radius 3 is 1.97 bits per heavy atom. The van der Waals surface area contributed by atoms with Crippen LogP contribution >= 0.6 is 0 Å². The normalized spacial score (nSPS) is 55.2. The van der Waals surface area contributed by atoms with Gasteiger partial charge in [0, 0.05) is 18.4 Å². The Morgan fingerprint density at radius 2 is 1.36 bits per heavy atom. The summed E-state index contributed by atoms with van der Waals surface area (Å²) in [6, 6.07) is 0. The third kappa shape index (κ3) is 3.85. The molecule has 0 saturated heterocycles. The summed E-state index contributed by atoms with van der Waals surface area (Å²) in [7, 11) is 0. The second-order valence-electron chi connectivity index (χ2n) is 13.7. The molecule has 3 unspecified atom stereocenters. The van der Waals surface area contributed by atoms with Crippen LogP contribution in [0.1, 0.15) is 73.1 Å². The summed E-state index contributed by atoms with van der Waals surface area (Å²) in [5.41, 5.74) is -3.24. The van der Waals surface area contributed by atoms with E-state index in [1.54, 1.807) is 0 Å². The lowest BCUT2D eigenvalue weighted by Crippen LogP contribution is -2.76. The Hall–Kier alpha value is -0.320. The highest BCUT2D eigenvalue weighted by molar-refractivity contribution is 5.25. The van der Waals surface area contributed by atoms with Gasteiger partial charge in [-0.1, -0.05) is 47.5 Å². The zero-order valence-electron chi connectivity index (χ0n) is 22.5. The number of hydrogen-bond donors (Lipinski definition) is 8.